The first-order chi connectivity index (χ1) is 9.52. The summed E-state index contributed by atoms with van der Waals surface area (Å²) in [5, 5.41) is 8.61. The minimum absolute atomic E-state index is 0.0195. The molecule has 1 unspecified atom stereocenters. The first-order valence-corrected chi connectivity index (χ1v) is 6.99. The van der Waals surface area contributed by atoms with Gasteiger partial charge in [-0.05, 0) is 31.5 Å². The molecular weight excluding hydrogens is 274 g/mol. The van der Waals surface area contributed by atoms with Crippen LogP contribution in [0.4, 0.5) is 0 Å². The summed E-state index contributed by atoms with van der Waals surface area (Å²) < 4.78 is 0. The Kier molecular flexibility index (Phi) is 4.32. The highest BCUT2D eigenvalue weighted by Gasteiger charge is 2.16. The fourth-order valence-electron chi connectivity index (χ4n) is 1.87. The van der Waals surface area contributed by atoms with E-state index in [4.69, 9.17) is 5.21 Å². The minimum Gasteiger partial charge on any atom is -0.289 e. The van der Waals surface area contributed by atoms with Gasteiger partial charge < -0.3 is 0 Å². The second-order valence-electron chi connectivity index (χ2n) is 4.56. The number of rotatable bonds is 4. The number of hydrogen-bond donors (Lipinski definition) is 2. The first kappa shape index (κ1) is 14.4. The maximum absolute atomic E-state index is 12.2. The number of thiophene rings is 1. The maximum atomic E-state index is 12.2. The molecule has 0 saturated carbocycles. The third kappa shape index (κ3) is 2.95. The van der Waals surface area contributed by atoms with Crippen molar-refractivity contribution < 1.29 is 14.8 Å². The smallest absolute Gasteiger partial charge is 0.250 e. The van der Waals surface area contributed by atoms with Gasteiger partial charge in [0.25, 0.3) is 5.91 Å². The zero-order valence-corrected chi connectivity index (χ0v) is 12.0. The summed E-state index contributed by atoms with van der Waals surface area (Å²) in [5.74, 6) is -0.958. The summed E-state index contributed by atoms with van der Waals surface area (Å²) in [6.45, 7) is 3.64. The minimum atomic E-state index is -0.474. The quantitative estimate of drug-likeness (QED) is 0.516. The summed E-state index contributed by atoms with van der Waals surface area (Å²) in [4.78, 5) is 25.4. The van der Waals surface area contributed by atoms with E-state index in [0.29, 0.717) is 10.4 Å². The number of aryl methyl sites for hydroxylation is 1. The normalized spacial score (nSPS) is 11.9. The highest BCUT2D eigenvalue weighted by Crippen LogP contribution is 2.21. The van der Waals surface area contributed by atoms with Gasteiger partial charge in [0.05, 0.1) is 10.8 Å². The molecule has 104 valence electrons. The molecule has 5 heteroatoms. The monoisotopic (exact) mass is 289 g/mol. The van der Waals surface area contributed by atoms with E-state index in [0.717, 1.165) is 10.4 Å². The molecule has 0 spiro atoms. The number of amides is 1. The molecule has 0 aliphatic carbocycles. The number of hydroxylamine groups is 1. The number of benzene rings is 1. The average molecular weight is 289 g/mol. The van der Waals surface area contributed by atoms with Crippen LogP contribution in [0.5, 0.6) is 0 Å². The van der Waals surface area contributed by atoms with E-state index < -0.39 is 11.8 Å². The Morgan fingerprint density at radius 1 is 1.15 bits per heavy atom. The third-order valence-corrected chi connectivity index (χ3v) is 4.14. The van der Waals surface area contributed by atoms with Gasteiger partial charge in [0.2, 0.25) is 5.78 Å². The molecule has 2 rings (SSSR count). The van der Waals surface area contributed by atoms with Gasteiger partial charge in [0.1, 0.15) is 0 Å². The van der Waals surface area contributed by atoms with Crippen LogP contribution in [0.1, 0.15) is 38.5 Å². The fraction of sp³-hybridized carbons (Fsp3) is 0.200. The highest BCUT2D eigenvalue weighted by atomic mass is 32.1. The van der Waals surface area contributed by atoms with Gasteiger partial charge in [-0.3, -0.25) is 14.8 Å². The predicted molar refractivity (Wildman–Crippen MR) is 77.3 cm³/mol. The molecule has 1 heterocycles. The van der Waals surface area contributed by atoms with Crippen LogP contribution in [0.25, 0.3) is 0 Å². The number of carbonyl (C=O) groups is 2. The summed E-state index contributed by atoms with van der Waals surface area (Å²) >= 11 is 1.46. The van der Waals surface area contributed by atoms with Crippen molar-refractivity contribution >= 4 is 23.0 Å². The van der Waals surface area contributed by atoms with Crippen LogP contribution in [-0.2, 0) is 4.79 Å². The Hall–Kier alpha value is -1.98. The lowest BCUT2D eigenvalue weighted by atomic mass is 9.98. The van der Waals surface area contributed by atoms with E-state index in [2.05, 4.69) is 0 Å². The lowest BCUT2D eigenvalue weighted by Gasteiger charge is -2.09. The van der Waals surface area contributed by atoms with Crippen LogP contribution in [0, 0.1) is 6.92 Å². The lowest BCUT2D eigenvalue weighted by Crippen LogP contribution is -2.24. The van der Waals surface area contributed by atoms with E-state index in [1.807, 2.05) is 19.1 Å². The Bertz CT molecular complexity index is 631. The zero-order chi connectivity index (χ0) is 14.7. The van der Waals surface area contributed by atoms with Gasteiger partial charge >= 0.3 is 0 Å². The Morgan fingerprint density at radius 3 is 2.30 bits per heavy atom. The van der Waals surface area contributed by atoms with Crippen LogP contribution >= 0.6 is 11.3 Å². The van der Waals surface area contributed by atoms with Crippen LogP contribution in [0.2, 0.25) is 0 Å². The third-order valence-electron chi connectivity index (χ3n) is 3.14. The van der Waals surface area contributed by atoms with Crippen LogP contribution in [-0.4, -0.2) is 16.9 Å². The van der Waals surface area contributed by atoms with Crippen molar-refractivity contribution in [3.8, 4) is 0 Å². The summed E-state index contributed by atoms with van der Waals surface area (Å²) in [7, 11) is 0. The number of carbonyl (C=O) groups excluding carboxylic acids is 2. The number of nitrogens with one attached hydrogen (secondary N) is 1. The molecule has 0 aliphatic rings. The molecule has 0 radical (unpaired) electrons. The molecule has 1 amide bonds. The lowest BCUT2D eigenvalue weighted by molar-refractivity contribution is -0.130. The topological polar surface area (TPSA) is 66.4 Å². The summed E-state index contributed by atoms with van der Waals surface area (Å²) in [5.41, 5.74) is 2.96. The van der Waals surface area contributed by atoms with E-state index in [1.165, 1.54) is 11.3 Å². The van der Waals surface area contributed by atoms with Crippen molar-refractivity contribution in [3.05, 3.63) is 57.3 Å². The molecular formula is C15H15NO3S. The van der Waals surface area contributed by atoms with Crippen molar-refractivity contribution in [2.24, 2.45) is 0 Å². The van der Waals surface area contributed by atoms with E-state index in [9.17, 15) is 9.59 Å². The van der Waals surface area contributed by atoms with Gasteiger partial charge in [-0.1, -0.05) is 24.3 Å². The maximum Gasteiger partial charge on any atom is 0.250 e. The Balaban J connectivity index is 2.20. The molecule has 0 fully saturated rings. The molecule has 2 N–H and O–H groups in total. The fourth-order valence-corrected chi connectivity index (χ4v) is 2.70. The molecule has 0 saturated heterocycles. The second-order valence-corrected chi connectivity index (χ2v) is 5.85. The highest BCUT2D eigenvalue weighted by molar-refractivity contribution is 7.14. The molecule has 4 nitrogen and oxygen atoms in total. The first-order valence-electron chi connectivity index (χ1n) is 6.18. The van der Waals surface area contributed by atoms with Crippen molar-refractivity contribution in [1.82, 2.24) is 5.48 Å². The summed E-state index contributed by atoms with van der Waals surface area (Å²) in [6, 6.07) is 10.6. The molecule has 1 aromatic carbocycles. The van der Waals surface area contributed by atoms with Crippen molar-refractivity contribution in [1.29, 1.82) is 0 Å². The van der Waals surface area contributed by atoms with Gasteiger partial charge in [0, 0.05) is 10.4 Å². The Labute approximate surface area is 121 Å². The molecule has 0 aliphatic heterocycles. The molecule has 1 aromatic heterocycles. The second kappa shape index (κ2) is 5.98. The molecule has 1 atom stereocenters. The van der Waals surface area contributed by atoms with E-state index in [-0.39, 0.29) is 5.78 Å². The van der Waals surface area contributed by atoms with Crippen LogP contribution in [0.3, 0.4) is 0 Å². The van der Waals surface area contributed by atoms with E-state index in [1.54, 1.807) is 36.7 Å². The van der Waals surface area contributed by atoms with E-state index >= 15 is 0 Å². The van der Waals surface area contributed by atoms with Crippen LogP contribution in [0.15, 0.2) is 36.4 Å². The largest absolute Gasteiger partial charge is 0.289 e. The number of hydrogen-bond acceptors (Lipinski definition) is 4. The van der Waals surface area contributed by atoms with Crippen molar-refractivity contribution in [2.45, 2.75) is 19.8 Å². The van der Waals surface area contributed by atoms with Crippen molar-refractivity contribution in [3.63, 3.8) is 0 Å². The molecule has 20 heavy (non-hydrogen) atoms. The average Bonchev–Trinajstić information content (AvgIpc) is 2.91. The van der Waals surface area contributed by atoms with Crippen molar-refractivity contribution in [2.75, 3.05) is 0 Å². The molecule has 0 bridgehead atoms. The SMILES string of the molecule is Cc1ccc(C(=O)c2ccc(C(C)C(=O)NO)cc2)s1. The standard InChI is InChI=1S/C15H15NO3S/c1-9-3-8-13(20-9)14(17)12-6-4-11(5-7-12)10(2)15(18)16-19/h3-8,10,19H,1-2H3,(H,16,18). The van der Waals surface area contributed by atoms with Gasteiger partial charge in [-0.25, -0.2) is 5.48 Å². The predicted octanol–water partition coefficient (Wildman–Crippen LogP) is 2.90. The Morgan fingerprint density at radius 2 is 1.80 bits per heavy atom. The molecule has 2 aromatic rings. The van der Waals surface area contributed by atoms with Gasteiger partial charge in [0.15, 0.2) is 0 Å². The zero-order valence-electron chi connectivity index (χ0n) is 11.2. The van der Waals surface area contributed by atoms with Gasteiger partial charge in [-0.2, -0.15) is 0 Å². The van der Waals surface area contributed by atoms with Gasteiger partial charge in [-0.15, -0.1) is 11.3 Å². The van der Waals surface area contributed by atoms with Crippen LogP contribution < -0.4 is 5.48 Å². The summed E-state index contributed by atoms with van der Waals surface area (Å²) in [6.07, 6.45) is 0. The number of ketones is 1.